The first kappa shape index (κ1) is 18.3. The van der Waals surface area contributed by atoms with Crippen LogP contribution in [-0.2, 0) is 6.42 Å². The van der Waals surface area contributed by atoms with E-state index in [4.69, 9.17) is 4.74 Å². The van der Waals surface area contributed by atoms with Crippen molar-refractivity contribution in [2.45, 2.75) is 6.42 Å². The summed E-state index contributed by atoms with van der Waals surface area (Å²) in [7, 11) is 3.69. The fraction of sp³-hybridized carbons (Fsp3) is 0.200. The minimum Gasteiger partial charge on any atom is -0.496 e. The summed E-state index contributed by atoms with van der Waals surface area (Å²) < 4.78 is 5.41. The van der Waals surface area contributed by atoms with Gasteiger partial charge < -0.3 is 9.64 Å². The first-order valence-electron chi connectivity index (χ1n) is 8.54. The lowest BCUT2D eigenvalue weighted by molar-refractivity contribution is 0.403. The van der Waals surface area contributed by atoms with Crippen molar-refractivity contribution in [1.82, 2.24) is 25.3 Å². The highest BCUT2D eigenvalue weighted by Crippen LogP contribution is 2.21. The third-order valence-corrected chi connectivity index (χ3v) is 4.17. The third-order valence-electron chi connectivity index (χ3n) is 4.17. The normalized spacial score (nSPS) is 11.3. The van der Waals surface area contributed by atoms with Gasteiger partial charge in [0.2, 0.25) is 0 Å². The number of ether oxygens (including phenoxy) is 1. The summed E-state index contributed by atoms with van der Waals surface area (Å²) in [4.78, 5) is 10.6. The van der Waals surface area contributed by atoms with Gasteiger partial charge in [-0.1, -0.05) is 18.2 Å². The summed E-state index contributed by atoms with van der Waals surface area (Å²) in [5, 5.41) is 10.6. The Bertz CT molecular complexity index is 920. The number of H-pyrrole nitrogens is 1. The van der Waals surface area contributed by atoms with E-state index in [-0.39, 0.29) is 0 Å². The fourth-order valence-electron chi connectivity index (χ4n) is 2.74. The zero-order valence-corrected chi connectivity index (χ0v) is 15.5. The molecule has 0 saturated heterocycles. The molecule has 0 aliphatic heterocycles. The molecule has 3 aromatic rings. The number of nitrogens with zero attached hydrogens (tertiary/aromatic N) is 5. The Morgan fingerprint density at radius 2 is 2.19 bits per heavy atom. The molecule has 2 heterocycles. The van der Waals surface area contributed by atoms with Crippen molar-refractivity contribution in [3.05, 3.63) is 66.2 Å². The number of benzene rings is 1. The molecule has 7 heteroatoms. The highest BCUT2D eigenvalue weighted by Gasteiger charge is 2.08. The maximum absolute atomic E-state index is 5.41. The van der Waals surface area contributed by atoms with Crippen LogP contribution in [0.4, 0.5) is 0 Å². The van der Waals surface area contributed by atoms with E-state index in [0.717, 1.165) is 35.7 Å². The van der Waals surface area contributed by atoms with Crippen LogP contribution in [0.5, 0.6) is 5.75 Å². The van der Waals surface area contributed by atoms with E-state index in [2.05, 4.69) is 43.1 Å². The van der Waals surface area contributed by atoms with Gasteiger partial charge in [0.25, 0.3) is 0 Å². The zero-order valence-electron chi connectivity index (χ0n) is 15.5. The van der Waals surface area contributed by atoms with Gasteiger partial charge in [-0.3, -0.25) is 9.98 Å². The Morgan fingerprint density at radius 1 is 1.33 bits per heavy atom. The van der Waals surface area contributed by atoms with Crippen LogP contribution < -0.4 is 4.74 Å². The van der Waals surface area contributed by atoms with Gasteiger partial charge in [0.1, 0.15) is 17.1 Å². The summed E-state index contributed by atoms with van der Waals surface area (Å²) in [6.45, 7) is 4.50. The van der Waals surface area contributed by atoms with E-state index in [1.165, 1.54) is 5.56 Å². The number of methoxy groups -OCH3 is 1. The van der Waals surface area contributed by atoms with Crippen LogP contribution in [0.25, 0.3) is 17.0 Å². The number of likely N-dealkylation sites (N-methyl/N-ethyl adjacent to an activating group) is 1. The van der Waals surface area contributed by atoms with Crippen molar-refractivity contribution in [3.8, 4) is 17.0 Å². The van der Waals surface area contributed by atoms with Gasteiger partial charge in [0, 0.05) is 31.6 Å². The predicted octanol–water partition coefficient (Wildman–Crippen LogP) is 3.05. The number of para-hydroxylation sites is 1. The second-order valence-electron chi connectivity index (χ2n) is 6.00. The minimum absolute atomic E-state index is 0.697. The van der Waals surface area contributed by atoms with Crippen molar-refractivity contribution >= 4 is 12.4 Å². The van der Waals surface area contributed by atoms with Crippen molar-refractivity contribution in [3.63, 3.8) is 0 Å². The molecule has 0 saturated carbocycles. The number of rotatable bonds is 8. The van der Waals surface area contributed by atoms with E-state index >= 15 is 0 Å². The fourth-order valence-corrected chi connectivity index (χ4v) is 2.74. The second-order valence-corrected chi connectivity index (χ2v) is 6.00. The molecule has 0 atom stereocenters. The molecule has 0 spiro atoms. The predicted molar refractivity (Wildman–Crippen MR) is 106 cm³/mol. The second kappa shape index (κ2) is 8.75. The topological polar surface area (TPSA) is 79.3 Å². The largest absolute Gasteiger partial charge is 0.496 e. The Hall–Kier alpha value is -3.48. The van der Waals surface area contributed by atoms with E-state index < -0.39 is 0 Å². The maximum Gasteiger partial charge on any atom is 0.122 e. The quantitative estimate of drug-likeness (QED) is 0.623. The van der Waals surface area contributed by atoms with Crippen LogP contribution in [0.3, 0.4) is 0 Å². The van der Waals surface area contributed by atoms with Gasteiger partial charge in [-0.05, 0) is 36.9 Å². The van der Waals surface area contributed by atoms with Crippen molar-refractivity contribution in [2.75, 3.05) is 20.7 Å². The molecule has 7 nitrogen and oxygen atoms in total. The first-order chi connectivity index (χ1) is 13.2. The molecule has 0 fully saturated rings. The molecule has 138 valence electrons. The van der Waals surface area contributed by atoms with Gasteiger partial charge in [0.15, 0.2) is 0 Å². The van der Waals surface area contributed by atoms with E-state index in [0.29, 0.717) is 5.70 Å². The monoisotopic (exact) mass is 362 g/mol. The van der Waals surface area contributed by atoms with Gasteiger partial charge in [-0.15, -0.1) is 0 Å². The molecule has 2 aromatic heterocycles. The standard InChI is InChI=1S/C20H22N6O/c1-21-19(17-12-16(8-10-22-17)18-13-23-25-24-18)14-26(2)11-9-15-6-4-5-7-20(15)27-3/h4-8,10,12-14H,1,9,11H2,2-3H3,(H,23,24,25)/b19-14-. The summed E-state index contributed by atoms with van der Waals surface area (Å²) in [5.74, 6) is 0.902. The van der Waals surface area contributed by atoms with E-state index in [1.807, 2.05) is 43.6 Å². The van der Waals surface area contributed by atoms with E-state index in [9.17, 15) is 0 Å². The molecule has 0 bridgehead atoms. The summed E-state index contributed by atoms with van der Waals surface area (Å²) in [5.41, 5.74) is 4.27. The molecule has 0 aliphatic carbocycles. The van der Waals surface area contributed by atoms with Crippen LogP contribution in [0, 0.1) is 0 Å². The number of hydrogen-bond donors (Lipinski definition) is 1. The number of pyridine rings is 1. The molecular formula is C20H22N6O. The summed E-state index contributed by atoms with van der Waals surface area (Å²) in [6, 6.07) is 11.8. The summed E-state index contributed by atoms with van der Waals surface area (Å²) >= 11 is 0. The van der Waals surface area contributed by atoms with E-state index in [1.54, 1.807) is 19.5 Å². The Kier molecular flexibility index (Phi) is 5.94. The van der Waals surface area contributed by atoms with Gasteiger partial charge in [-0.25, -0.2) is 0 Å². The number of aromatic amines is 1. The molecule has 0 amide bonds. The Morgan fingerprint density at radius 3 is 2.93 bits per heavy atom. The SMILES string of the molecule is C=N/C(=C\N(C)CCc1ccccc1OC)c1cc(-c2cn[nH]n2)ccn1. The smallest absolute Gasteiger partial charge is 0.122 e. The maximum atomic E-state index is 5.41. The average Bonchev–Trinajstić information content (AvgIpc) is 3.25. The van der Waals surface area contributed by atoms with Crippen molar-refractivity contribution in [1.29, 1.82) is 0 Å². The number of hydrogen-bond acceptors (Lipinski definition) is 6. The van der Waals surface area contributed by atoms with Crippen molar-refractivity contribution < 1.29 is 4.74 Å². The lowest BCUT2D eigenvalue weighted by Crippen LogP contribution is -2.15. The molecule has 27 heavy (non-hydrogen) atoms. The van der Waals surface area contributed by atoms with Gasteiger partial charge in [-0.2, -0.15) is 15.4 Å². The Balaban J connectivity index is 1.74. The molecule has 1 N–H and O–H groups in total. The number of nitrogens with one attached hydrogen (secondary N) is 1. The van der Waals surface area contributed by atoms with Crippen LogP contribution in [-0.4, -0.2) is 52.7 Å². The van der Waals surface area contributed by atoms with Crippen LogP contribution >= 0.6 is 0 Å². The Labute approximate surface area is 158 Å². The van der Waals surface area contributed by atoms with Gasteiger partial charge >= 0.3 is 0 Å². The van der Waals surface area contributed by atoms with Gasteiger partial charge in [0.05, 0.1) is 19.0 Å². The molecule has 0 unspecified atom stereocenters. The minimum atomic E-state index is 0.697. The molecule has 0 aliphatic rings. The molecule has 0 radical (unpaired) electrons. The highest BCUT2D eigenvalue weighted by atomic mass is 16.5. The zero-order chi connectivity index (χ0) is 19.1. The average molecular weight is 362 g/mol. The first-order valence-corrected chi connectivity index (χ1v) is 8.54. The molecule has 3 rings (SSSR count). The summed E-state index contributed by atoms with van der Waals surface area (Å²) in [6.07, 6.45) is 6.20. The third kappa shape index (κ3) is 4.58. The van der Waals surface area contributed by atoms with Crippen LogP contribution in [0.2, 0.25) is 0 Å². The lowest BCUT2D eigenvalue weighted by Gasteiger charge is -2.16. The number of aromatic nitrogens is 4. The lowest BCUT2D eigenvalue weighted by atomic mass is 10.1. The number of aliphatic imine (C=N–C) groups is 1. The molecule has 1 aromatic carbocycles. The van der Waals surface area contributed by atoms with Crippen LogP contribution in [0.1, 0.15) is 11.3 Å². The van der Waals surface area contributed by atoms with Crippen LogP contribution in [0.15, 0.2) is 60.0 Å². The highest BCUT2D eigenvalue weighted by molar-refractivity contribution is 5.69. The molecular weight excluding hydrogens is 340 g/mol. The van der Waals surface area contributed by atoms with Crippen molar-refractivity contribution in [2.24, 2.45) is 4.99 Å².